The van der Waals surface area contributed by atoms with Gasteiger partial charge in [-0.1, -0.05) is 41.1 Å². The minimum Gasteiger partial charge on any atom is -0.207 e. The summed E-state index contributed by atoms with van der Waals surface area (Å²) >= 11 is 3.19. The summed E-state index contributed by atoms with van der Waals surface area (Å²) in [6.07, 6.45) is 0. The van der Waals surface area contributed by atoms with E-state index in [-0.39, 0.29) is 16.6 Å². The Bertz CT molecular complexity index is 332. The fourth-order valence-electron chi connectivity index (χ4n) is 1.11. The molecule has 0 N–H and O–H groups in total. The normalized spacial score (nSPS) is 14.6. The van der Waals surface area contributed by atoms with Crippen LogP contribution in [0.1, 0.15) is 18.4 Å². The fourth-order valence-corrected chi connectivity index (χ4v) is 1.40. The third-order valence-electron chi connectivity index (χ3n) is 1.96. The molecule has 2 unspecified atom stereocenters. The highest BCUT2D eigenvalue weighted by molar-refractivity contribution is 9.09. The molecule has 1 aromatic rings. The molecule has 0 saturated heterocycles. The Labute approximate surface area is 85.3 Å². The number of alkyl halides is 1. The van der Waals surface area contributed by atoms with Crippen LogP contribution in [0.5, 0.6) is 0 Å². The Morgan fingerprint density at radius 2 is 2.08 bits per heavy atom. The first-order valence-electron chi connectivity index (χ1n) is 3.95. The summed E-state index contributed by atoms with van der Waals surface area (Å²) in [5.74, 6) is -0.388. The summed E-state index contributed by atoms with van der Waals surface area (Å²) in [7, 11) is 0. The molecule has 13 heavy (non-hydrogen) atoms. The van der Waals surface area contributed by atoms with Gasteiger partial charge in [-0.15, -0.1) is 0 Å². The minimum absolute atomic E-state index is 0.133. The molecular weight excluding hydrogens is 233 g/mol. The number of hydrogen-bond donors (Lipinski definition) is 0. The Balaban J connectivity index is 2.96. The molecule has 0 bridgehead atoms. The van der Waals surface area contributed by atoms with E-state index in [9.17, 15) is 4.39 Å². The standard InChI is InChI=1S/C10H9BrFN/c1-7(9(11)6-13)8-4-2-3-5-10(8)12/h2-5,7,9H,1H3. The Morgan fingerprint density at radius 3 is 2.62 bits per heavy atom. The van der Waals surface area contributed by atoms with Gasteiger partial charge < -0.3 is 0 Å². The van der Waals surface area contributed by atoms with Gasteiger partial charge in [-0.05, 0) is 11.6 Å². The Morgan fingerprint density at radius 1 is 1.46 bits per heavy atom. The lowest BCUT2D eigenvalue weighted by Crippen LogP contribution is -2.08. The molecule has 1 nitrogen and oxygen atoms in total. The van der Waals surface area contributed by atoms with Crippen LogP contribution in [0.25, 0.3) is 0 Å². The van der Waals surface area contributed by atoms with Crippen molar-refractivity contribution in [3.05, 3.63) is 35.6 Å². The van der Waals surface area contributed by atoms with E-state index >= 15 is 0 Å². The van der Waals surface area contributed by atoms with Crippen molar-refractivity contribution in [2.45, 2.75) is 17.7 Å². The second kappa shape index (κ2) is 4.38. The molecule has 0 spiro atoms. The molecule has 1 rings (SSSR count). The molecule has 3 heteroatoms. The highest BCUT2D eigenvalue weighted by Crippen LogP contribution is 2.25. The van der Waals surface area contributed by atoms with Crippen molar-refractivity contribution in [2.75, 3.05) is 0 Å². The van der Waals surface area contributed by atoms with Crippen LogP contribution in [0.3, 0.4) is 0 Å². The summed E-state index contributed by atoms with van der Waals surface area (Å²) < 4.78 is 13.2. The van der Waals surface area contributed by atoms with E-state index in [1.54, 1.807) is 18.2 Å². The van der Waals surface area contributed by atoms with Gasteiger partial charge in [0.15, 0.2) is 0 Å². The maximum atomic E-state index is 13.2. The maximum absolute atomic E-state index is 13.2. The van der Waals surface area contributed by atoms with E-state index < -0.39 is 0 Å². The Kier molecular flexibility index (Phi) is 3.44. The van der Waals surface area contributed by atoms with Crippen LogP contribution >= 0.6 is 15.9 Å². The number of benzene rings is 1. The molecule has 0 aliphatic carbocycles. The van der Waals surface area contributed by atoms with Crippen LogP contribution in [0, 0.1) is 17.1 Å². The molecule has 0 saturated carbocycles. The molecule has 0 aliphatic rings. The highest BCUT2D eigenvalue weighted by atomic mass is 79.9. The number of nitriles is 1. The first-order chi connectivity index (χ1) is 6.16. The van der Waals surface area contributed by atoms with Gasteiger partial charge in [0.05, 0.1) is 6.07 Å². The van der Waals surface area contributed by atoms with Crippen LogP contribution in [0.2, 0.25) is 0 Å². The van der Waals surface area contributed by atoms with Gasteiger partial charge in [0.25, 0.3) is 0 Å². The van der Waals surface area contributed by atoms with Crippen LogP contribution < -0.4 is 0 Å². The van der Waals surface area contributed by atoms with Crippen LogP contribution in [0.4, 0.5) is 4.39 Å². The number of halogens is 2. The third-order valence-corrected chi connectivity index (χ3v) is 2.96. The van der Waals surface area contributed by atoms with Crippen molar-refractivity contribution in [1.82, 2.24) is 0 Å². The van der Waals surface area contributed by atoms with Crippen molar-refractivity contribution >= 4 is 15.9 Å². The first kappa shape index (κ1) is 10.2. The Hall–Kier alpha value is -0.880. The lowest BCUT2D eigenvalue weighted by molar-refractivity contribution is 0.594. The second-order valence-corrected chi connectivity index (χ2v) is 3.83. The number of rotatable bonds is 2. The molecule has 0 fully saturated rings. The third kappa shape index (κ3) is 2.28. The summed E-state index contributed by atoms with van der Waals surface area (Å²) in [5, 5.41) is 8.64. The predicted octanol–water partition coefficient (Wildman–Crippen LogP) is 3.22. The average molecular weight is 242 g/mol. The van der Waals surface area contributed by atoms with Crippen LogP contribution in [-0.4, -0.2) is 4.83 Å². The van der Waals surface area contributed by atoms with E-state index in [4.69, 9.17) is 5.26 Å². The second-order valence-electron chi connectivity index (χ2n) is 2.84. The van der Waals surface area contributed by atoms with Gasteiger partial charge in [0, 0.05) is 5.92 Å². The lowest BCUT2D eigenvalue weighted by Gasteiger charge is -2.12. The zero-order chi connectivity index (χ0) is 9.84. The first-order valence-corrected chi connectivity index (χ1v) is 4.86. The molecule has 0 radical (unpaired) electrons. The maximum Gasteiger partial charge on any atom is 0.126 e. The topological polar surface area (TPSA) is 23.8 Å². The predicted molar refractivity (Wildman–Crippen MR) is 53.1 cm³/mol. The number of hydrogen-bond acceptors (Lipinski definition) is 1. The lowest BCUT2D eigenvalue weighted by atomic mass is 9.98. The van der Waals surface area contributed by atoms with E-state index in [1.165, 1.54) is 6.07 Å². The van der Waals surface area contributed by atoms with Gasteiger partial charge >= 0.3 is 0 Å². The van der Waals surface area contributed by atoms with E-state index in [1.807, 2.05) is 13.0 Å². The smallest absolute Gasteiger partial charge is 0.126 e. The molecule has 0 aromatic heterocycles. The minimum atomic E-state index is -0.343. The van der Waals surface area contributed by atoms with Crippen molar-refractivity contribution in [3.63, 3.8) is 0 Å². The SMILES string of the molecule is CC(c1ccccc1F)C(Br)C#N. The highest BCUT2D eigenvalue weighted by Gasteiger charge is 2.17. The van der Waals surface area contributed by atoms with Crippen molar-refractivity contribution in [1.29, 1.82) is 5.26 Å². The summed E-state index contributed by atoms with van der Waals surface area (Å²) in [5.41, 5.74) is 0.575. The van der Waals surface area contributed by atoms with Gasteiger partial charge in [-0.2, -0.15) is 5.26 Å². The van der Waals surface area contributed by atoms with Crippen molar-refractivity contribution in [2.24, 2.45) is 0 Å². The largest absolute Gasteiger partial charge is 0.207 e. The molecule has 1 aromatic carbocycles. The summed E-state index contributed by atoms with van der Waals surface area (Å²) in [4.78, 5) is -0.343. The molecule has 0 amide bonds. The van der Waals surface area contributed by atoms with Gasteiger partial charge in [0.2, 0.25) is 0 Å². The quantitative estimate of drug-likeness (QED) is 0.730. The molecule has 2 atom stereocenters. The van der Waals surface area contributed by atoms with Crippen molar-refractivity contribution < 1.29 is 4.39 Å². The zero-order valence-corrected chi connectivity index (χ0v) is 8.75. The van der Waals surface area contributed by atoms with Crippen LogP contribution in [0.15, 0.2) is 24.3 Å². The summed E-state index contributed by atoms with van der Waals surface area (Å²) in [6.45, 7) is 1.82. The summed E-state index contributed by atoms with van der Waals surface area (Å²) in [6, 6.07) is 8.56. The molecule has 0 aliphatic heterocycles. The van der Waals surface area contributed by atoms with Gasteiger partial charge in [-0.3, -0.25) is 0 Å². The van der Waals surface area contributed by atoms with Crippen molar-refractivity contribution in [3.8, 4) is 6.07 Å². The zero-order valence-electron chi connectivity index (χ0n) is 7.17. The van der Waals surface area contributed by atoms with E-state index in [2.05, 4.69) is 15.9 Å². The molecular formula is C10H9BrFN. The van der Waals surface area contributed by atoms with Gasteiger partial charge in [0.1, 0.15) is 10.6 Å². The monoisotopic (exact) mass is 241 g/mol. The molecule has 0 heterocycles. The van der Waals surface area contributed by atoms with E-state index in [0.717, 1.165) is 0 Å². The number of nitrogens with zero attached hydrogens (tertiary/aromatic N) is 1. The fraction of sp³-hybridized carbons (Fsp3) is 0.300. The van der Waals surface area contributed by atoms with Crippen LogP contribution in [-0.2, 0) is 0 Å². The van der Waals surface area contributed by atoms with E-state index in [0.29, 0.717) is 5.56 Å². The van der Waals surface area contributed by atoms with Gasteiger partial charge in [-0.25, -0.2) is 4.39 Å². The average Bonchev–Trinajstić information content (AvgIpc) is 2.16. The molecule has 68 valence electrons.